The maximum atomic E-state index is 10.8. The molecule has 2 aromatic rings. The van der Waals surface area contributed by atoms with E-state index in [-0.39, 0.29) is 6.04 Å². The largest absolute Gasteiger partial charge is 0.480 e. The van der Waals surface area contributed by atoms with Crippen molar-refractivity contribution in [2.24, 2.45) is 0 Å². The third-order valence-corrected chi connectivity index (χ3v) is 3.29. The Kier molecular flexibility index (Phi) is 3.73. The zero-order valence-corrected chi connectivity index (χ0v) is 11.7. The molecule has 2 atom stereocenters. The minimum atomic E-state index is -0.874. The van der Waals surface area contributed by atoms with Crippen LogP contribution in [0.25, 0.3) is 11.0 Å². The third-order valence-electron chi connectivity index (χ3n) is 2.79. The van der Waals surface area contributed by atoms with Crippen LogP contribution in [0, 0.1) is 0 Å². The molecule has 0 aliphatic heterocycles. The van der Waals surface area contributed by atoms with Crippen LogP contribution in [0.15, 0.2) is 33.2 Å². The number of hydrogen-bond donors (Lipinski definition) is 2. The summed E-state index contributed by atoms with van der Waals surface area (Å²) in [5.74, 6) is -0.142. The van der Waals surface area contributed by atoms with E-state index in [1.54, 1.807) is 6.92 Å². The standard InChI is InChI=1S/C13H14BrNO3/c1-7(15-8(2)13(16)17)12-6-9-5-10(14)3-4-11(9)18-12/h3-8,15H,1-2H3,(H,16,17). The first-order valence-corrected chi connectivity index (χ1v) is 6.44. The Morgan fingerprint density at radius 2 is 2.11 bits per heavy atom. The lowest BCUT2D eigenvalue weighted by Crippen LogP contribution is -2.35. The van der Waals surface area contributed by atoms with E-state index in [0.717, 1.165) is 21.2 Å². The van der Waals surface area contributed by atoms with Gasteiger partial charge in [-0.05, 0) is 38.1 Å². The van der Waals surface area contributed by atoms with Crippen molar-refractivity contribution < 1.29 is 14.3 Å². The maximum absolute atomic E-state index is 10.8. The van der Waals surface area contributed by atoms with Gasteiger partial charge in [0.2, 0.25) is 0 Å². The van der Waals surface area contributed by atoms with Crippen molar-refractivity contribution in [1.29, 1.82) is 0 Å². The Hall–Kier alpha value is -1.33. The molecule has 96 valence electrons. The van der Waals surface area contributed by atoms with Gasteiger partial charge in [-0.1, -0.05) is 15.9 Å². The first-order valence-electron chi connectivity index (χ1n) is 5.65. The van der Waals surface area contributed by atoms with Gasteiger partial charge in [-0.2, -0.15) is 0 Å². The van der Waals surface area contributed by atoms with Crippen molar-refractivity contribution >= 4 is 32.9 Å². The average molecular weight is 312 g/mol. The topological polar surface area (TPSA) is 62.5 Å². The van der Waals surface area contributed by atoms with E-state index in [4.69, 9.17) is 9.52 Å². The van der Waals surface area contributed by atoms with Gasteiger partial charge < -0.3 is 9.52 Å². The summed E-state index contributed by atoms with van der Waals surface area (Å²) >= 11 is 3.40. The van der Waals surface area contributed by atoms with Gasteiger partial charge in [0.15, 0.2) is 0 Å². The molecule has 1 aromatic heterocycles. The molecule has 1 heterocycles. The summed E-state index contributed by atoms with van der Waals surface area (Å²) in [5, 5.41) is 12.8. The van der Waals surface area contributed by atoms with Crippen LogP contribution in [0.1, 0.15) is 25.6 Å². The monoisotopic (exact) mass is 311 g/mol. The molecule has 2 N–H and O–H groups in total. The molecule has 0 aliphatic carbocycles. The molecule has 0 fully saturated rings. The number of carboxylic acid groups (broad SMARTS) is 1. The minimum Gasteiger partial charge on any atom is -0.480 e. The van der Waals surface area contributed by atoms with Crippen molar-refractivity contribution in [1.82, 2.24) is 5.32 Å². The molecule has 0 saturated carbocycles. The number of carboxylic acids is 1. The molecule has 0 spiro atoms. The highest BCUT2D eigenvalue weighted by Crippen LogP contribution is 2.26. The van der Waals surface area contributed by atoms with Gasteiger partial charge in [0.25, 0.3) is 0 Å². The number of furan rings is 1. The van der Waals surface area contributed by atoms with Gasteiger partial charge in [-0.25, -0.2) is 0 Å². The first-order chi connectivity index (χ1) is 8.47. The van der Waals surface area contributed by atoms with Gasteiger partial charge in [-0.3, -0.25) is 10.1 Å². The summed E-state index contributed by atoms with van der Waals surface area (Å²) in [6, 6.07) is 6.92. The van der Waals surface area contributed by atoms with Crippen LogP contribution in [0.5, 0.6) is 0 Å². The van der Waals surface area contributed by atoms with Crippen molar-refractivity contribution in [2.75, 3.05) is 0 Å². The van der Waals surface area contributed by atoms with E-state index in [0.29, 0.717) is 0 Å². The molecule has 0 bridgehead atoms. The normalized spacial score (nSPS) is 14.6. The highest BCUT2D eigenvalue weighted by Gasteiger charge is 2.17. The number of halogens is 1. The Bertz CT molecular complexity index is 579. The smallest absolute Gasteiger partial charge is 0.320 e. The van der Waals surface area contributed by atoms with Gasteiger partial charge >= 0.3 is 5.97 Å². The van der Waals surface area contributed by atoms with Crippen LogP contribution in [0.2, 0.25) is 0 Å². The fourth-order valence-corrected chi connectivity index (χ4v) is 2.16. The molecule has 2 unspecified atom stereocenters. The number of aliphatic carboxylic acids is 1. The Labute approximate surface area is 113 Å². The quantitative estimate of drug-likeness (QED) is 0.909. The molecule has 0 radical (unpaired) electrons. The molecule has 1 aromatic carbocycles. The van der Waals surface area contributed by atoms with Crippen LogP contribution in [0.3, 0.4) is 0 Å². The lowest BCUT2D eigenvalue weighted by atomic mass is 10.2. The lowest BCUT2D eigenvalue weighted by Gasteiger charge is -2.14. The van der Waals surface area contributed by atoms with Crippen LogP contribution < -0.4 is 5.32 Å². The highest BCUT2D eigenvalue weighted by atomic mass is 79.9. The summed E-state index contributed by atoms with van der Waals surface area (Å²) in [6.07, 6.45) is 0. The number of benzene rings is 1. The van der Waals surface area contributed by atoms with Gasteiger partial charge in [-0.15, -0.1) is 0 Å². The SMILES string of the molecule is CC(NC(C)c1cc2cc(Br)ccc2o1)C(=O)O. The van der Waals surface area contributed by atoms with Crippen molar-refractivity contribution in [3.63, 3.8) is 0 Å². The second-order valence-electron chi connectivity index (χ2n) is 4.28. The molecule has 0 aliphatic rings. The molecule has 18 heavy (non-hydrogen) atoms. The predicted molar refractivity (Wildman–Crippen MR) is 72.6 cm³/mol. The van der Waals surface area contributed by atoms with E-state index in [1.165, 1.54) is 0 Å². The van der Waals surface area contributed by atoms with Crippen LogP contribution in [-0.4, -0.2) is 17.1 Å². The molecule has 5 heteroatoms. The summed E-state index contributed by atoms with van der Waals surface area (Å²) in [5.41, 5.74) is 0.796. The number of hydrogen-bond acceptors (Lipinski definition) is 3. The summed E-state index contributed by atoms with van der Waals surface area (Å²) in [4.78, 5) is 10.8. The predicted octanol–water partition coefficient (Wildman–Crippen LogP) is 3.32. The fourth-order valence-electron chi connectivity index (χ4n) is 1.78. The van der Waals surface area contributed by atoms with E-state index in [2.05, 4.69) is 21.2 Å². The Balaban J connectivity index is 2.22. The summed E-state index contributed by atoms with van der Waals surface area (Å²) < 4.78 is 6.68. The fraction of sp³-hybridized carbons (Fsp3) is 0.308. The molecule has 0 amide bonds. The van der Waals surface area contributed by atoms with Crippen LogP contribution in [0.4, 0.5) is 0 Å². The van der Waals surface area contributed by atoms with Crippen molar-refractivity contribution in [2.45, 2.75) is 25.9 Å². The number of carbonyl (C=O) groups is 1. The molecule has 4 nitrogen and oxygen atoms in total. The minimum absolute atomic E-state index is 0.151. The maximum Gasteiger partial charge on any atom is 0.320 e. The number of fused-ring (bicyclic) bond motifs is 1. The van der Waals surface area contributed by atoms with E-state index in [9.17, 15) is 4.79 Å². The van der Waals surface area contributed by atoms with Gasteiger partial charge in [0.05, 0.1) is 6.04 Å². The average Bonchev–Trinajstić information content (AvgIpc) is 2.71. The second-order valence-corrected chi connectivity index (χ2v) is 5.19. The van der Waals surface area contributed by atoms with Crippen LogP contribution >= 0.6 is 15.9 Å². The number of nitrogens with one attached hydrogen (secondary N) is 1. The van der Waals surface area contributed by atoms with Crippen molar-refractivity contribution in [3.8, 4) is 0 Å². The van der Waals surface area contributed by atoms with Gasteiger partial charge in [0, 0.05) is 9.86 Å². The number of rotatable bonds is 4. The molecular formula is C13H14BrNO3. The van der Waals surface area contributed by atoms with Crippen molar-refractivity contribution in [3.05, 3.63) is 34.5 Å². The third kappa shape index (κ3) is 2.73. The molecule has 0 saturated heterocycles. The lowest BCUT2D eigenvalue weighted by molar-refractivity contribution is -0.139. The summed E-state index contributed by atoms with van der Waals surface area (Å²) in [6.45, 7) is 3.49. The van der Waals surface area contributed by atoms with Gasteiger partial charge in [0.1, 0.15) is 17.4 Å². The first kappa shape index (κ1) is 13.1. The highest BCUT2D eigenvalue weighted by molar-refractivity contribution is 9.10. The Morgan fingerprint density at radius 1 is 1.39 bits per heavy atom. The zero-order chi connectivity index (χ0) is 13.3. The second kappa shape index (κ2) is 5.12. The Morgan fingerprint density at radius 3 is 2.78 bits per heavy atom. The van der Waals surface area contributed by atoms with E-state index in [1.807, 2.05) is 31.2 Å². The zero-order valence-electron chi connectivity index (χ0n) is 10.1. The van der Waals surface area contributed by atoms with E-state index >= 15 is 0 Å². The van der Waals surface area contributed by atoms with Crippen LogP contribution in [-0.2, 0) is 4.79 Å². The molecular weight excluding hydrogens is 298 g/mol. The molecule has 2 rings (SSSR count). The summed E-state index contributed by atoms with van der Waals surface area (Å²) in [7, 11) is 0. The van der Waals surface area contributed by atoms with E-state index < -0.39 is 12.0 Å².